The number of H-pyrrole nitrogens is 1. The van der Waals surface area contributed by atoms with Crippen LogP contribution in [0.25, 0.3) is 11.0 Å². The number of aryl methyl sites for hydroxylation is 1. The number of fused-ring (bicyclic) bond motifs is 1. The monoisotopic (exact) mass is 582 g/mol. The fourth-order valence-corrected chi connectivity index (χ4v) is 6.94. The Hall–Kier alpha value is -2.81. The van der Waals surface area contributed by atoms with Crippen molar-refractivity contribution in [3.05, 3.63) is 58.9 Å². The fraction of sp³-hybridized carbons (Fsp3) is 0.240. The molecule has 2 aromatic heterocycles. The molecule has 0 aliphatic rings. The summed E-state index contributed by atoms with van der Waals surface area (Å²) >= 11 is -1.72. The van der Waals surface area contributed by atoms with E-state index in [9.17, 15) is 22.9 Å². The van der Waals surface area contributed by atoms with E-state index in [0.717, 1.165) is 17.2 Å². The minimum atomic E-state index is -4.41. The number of rotatable bonds is 9. The molecule has 0 saturated carbocycles. The van der Waals surface area contributed by atoms with Crippen LogP contribution >= 0.6 is 0 Å². The molecule has 4 aromatic rings. The summed E-state index contributed by atoms with van der Waals surface area (Å²) in [7, 11) is -0.281. The van der Waals surface area contributed by atoms with Crippen molar-refractivity contribution in [2.75, 3.05) is 21.3 Å². The van der Waals surface area contributed by atoms with Crippen molar-refractivity contribution in [3.8, 4) is 17.2 Å². The molecular weight excluding hydrogens is 557 g/mol. The third-order valence-corrected chi connectivity index (χ3v) is 8.98. The maximum Gasteiger partial charge on any atom is 0.335 e. The van der Waals surface area contributed by atoms with Crippen molar-refractivity contribution in [2.45, 2.75) is 34.5 Å². The number of aromatic carboxylic acids is 1. The number of methoxy groups -OCH3 is 3. The molecule has 2 N–H and O–H groups in total. The average molecular weight is 583 g/mol. The summed E-state index contributed by atoms with van der Waals surface area (Å²) in [5.74, 6) is -0.706. The van der Waals surface area contributed by atoms with Gasteiger partial charge in [-0.2, -0.15) is 4.98 Å². The first kappa shape index (κ1) is 30.7. The van der Waals surface area contributed by atoms with Gasteiger partial charge < -0.3 is 23.9 Å². The van der Waals surface area contributed by atoms with Gasteiger partial charge in [0, 0.05) is 58.1 Å². The van der Waals surface area contributed by atoms with E-state index in [4.69, 9.17) is 14.2 Å². The second kappa shape index (κ2) is 12.1. The van der Waals surface area contributed by atoms with Crippen LogP contribution in [-0.2, 0) is 26.8 Å². The molecule has 39 heavy (non-hydrogen) atoms. The molecule has 2 heterocycles. The Kier molecular flexibility index (Phi) is 9.57. The summed E-state index contributed by atoms with van der Waals surface area (Å²) in [5.41, 5.74) is 2.18. The van der Waals surface area contributed by atoms with Crippen LogP contribution in [0.4, 0.5) is 0 Å². The number of sulfone groups is 1. The number of nitrogens with zero attached hydrogens (tertiary/aromatic N) is 2. The number of pyridine rings is 1. The van der Waals surface area contributed by atoms with Crippen LogP contribution in [0.1, 0.15) is 27.2 Å². The van der Waals surface area contributed by atoms with Crippen molar-refractivity contribution >= 4 is 67.6 Å². The number of aromatic nitrogens is 3. The minimum absolute atomic E-state index is 0. The summed E-state index contributed by atoms with van der Waals surface area (Å²) in [6.07, 6.45) is 1.63. The summed E-state index contributed by atoms with van der Waals surface area (Å²) in [6, 6.07) is 6.48. The van der Waals surface area contributed by atoms with Gasteiger partial charge in [-0.3, -0.25) is 9.97 Å². The number of nitrogens with one attached hydrogen (secondary N) is 1. The van der Waals surface area contributed by atoms with E-state index in [-0.39, 0.29) is 78.4 Å². The zero-order valence-electron chi connectivity index (χ0n) is 22.2. The van der Waals surface area contributed by atoms with Crippen LogP contribution in [0.3, 0.4) is 0 Å². The molecule has 0 amide bonds. The van der Waals surface area contributed by atoms with Gasteiger partial charge in [-0.05, 0) is 44.2 Å². The van der Waals surface area contributed by atoms with E-state index in [1.807, 2.05) is 13.8 Å². The van der Waals surface area contributed by atoms with E-state index < -0.39 is 27.0 Å². The molecule has 1 radical (unpaired) electrons. The first-order chi connectivity index (χ1) is 18.0. The molecular formula is C25H25N3NaO8S2. The first-order valence-corrected chi connectivity index (χ1v) is 13.9. The SMILES string of the molecule is COc1ccc(C(=O)O)cc1S(=O)(=O)c1c(OC)ccc2nc([S+]([O-])Cc3ncc(C)c(OC)c3C)[nH]c12.[Na]. The molecule has 0 fully saturated rings. The molecule has 1 unspecified atom stereocenters. The van der Waals surface area contributed by atoms with Gasteiger partial charge >= 0.3 is 11.1 Å². The number of imidazole rings is 1. The third-order valence-electron chi connectivity index (χ3n) is 5.98. The fourth-order valence-electron chi connectivity index (χ4n) is 4.09. The minimum Gasteiger partial charge on any atom is -0.609 e. The molecule has 0 aliphatic heterocycles. The van der Waals surface area contributed by atoms with Crippen LogP contribution < -0.4 is 14.2 Å². The van der Waals surface area contributed by atoms with Crippen LogP contribution in [0.5, 0.6) is 17.2 Å². The summed E-state index contributed by atoms with van der Waals surface area (Å²) in [4.78, 5) is 22.5. The number of carboxylic acid groups (broad SMARTS) is 1. The molecule has 201 valence electrons. The van der Waals surface area contributed by atoms with Gasteiger partial charge in [-0.1, -0.05) is 0 Å². The normalized spacial score (nSPS) is 12.1. The van der Waals surface area contributed by atoms with Gasteiger partial charge in [0.05, 0.1) is 43.6 Å². The summed E-state index contributed by atoms with van der Waals surface area (Å²) in [6.45, 7) is 3.67. The van der Waals surface area contributed by atoms with Crippen LogP contribution in [0, 0.1) is 13.8 Å². The Balaban J connectivity index is 0.00000420. The van der Waals surface area contributed by atoms with E-state index in [2.05, 4.69) is 15.0 Å². The second-order valence-corrected chi connectivity index (χ2v) is 11.5. The average Bonchev–Trinajstić information content (AvgIpc) is 3.33. The number of benzene rings is 2. The Labute approximate surface area is 250 Å². The quantitative estimate of drug-likeness (QED) is 0.221. The number of hydrogen-bond acceptors (Lipinski definition) is 9. The molecule has 1 atom stereocenters. The van der Waals surface area contributed by atoms with E-state index >= 15 is 0 Å². The van der Waals surface area contributed by atoms with Crippen LogP contribution in [-0.4, -0.2) is 89.9 Å². The van der Waals surface area contributed by atoms with Gasteiger partial charge in [-0.25, -0.2) is 13.2 Å². The first-order valence-electron chi connectivity index (χ1n) is 11.1. The smallest absolute Gasteiger partial charge is 0.335 e. The van der Waals surface area contributed by atoms with Crippen molar-refractivity contribution in [1.82, 2.24) is 15.0 Å². The number of ether oxygens (including phenoxy) is 3. The Bertz CT molecular complexity index is 1660. The summed E-state index contributed by atoms with van der Waals surface area (Å²) < 4.78 is 57.1. The molecule has 0 saturated heterocycles. The zero-order valence-corrected chi connectivity index (χ0v) is 25.8. The standard InChI is InChI=1S/C25H25N3O8S2.Na/c1-13-11-26-17(14(2)22(13)36-5)12-37(31)25-27-16-7-9-19(35-4)23(21(16)28-25)38(32,33)20-10-15(24(29)30)6-8-18(20)34-3;/h6-11H,12H2,1-5H3,(H,27,28)(H,29,30);. The largest absolute Gasteiger partial charge is 0.609 e. The zero-order chi connectivity index (χ0) is 27.8. The topological polar surface area (TPSA) is 164 Å². The van der Waals surface area contributed by atoms with Crippen LogP contribution in [0.2, 0.25) is 0 Å². The van der Waals surface area contributed by atoms with E-state index in [1.54, 1.807) is 13.3 Å². The van der Waals surface area contributed by atoms with Crippen molar-refractivity contribution in [3.63, 3.8) is 0 Å². The molecule has 2 aromatic carbocycles. The van der Waals surface area contributed by atoms with Crippen molar-refractivity contribution < 1.29 is 37.1 Å². The molecule has 0 bridgehead atoms. The molecule has 0 spiro atoms. The van der Waals surface area contributed by atoms with Gasteiger partial charge in [0.25, 0.3) is 0 Å². The number of carbonyl (C=O) groups is 1. The van der Waals surface area contributed by atoms with Crippen molar-refractivity contribution in [2.24, 2.45) is 0 Å². The van der Waals surface area contributed by atoms with Gasteiger partial charge in [0.1, 0.15) is 27.0 Å². The van der Waals surface area contributed by atoms with Gasteiger partial charge in [0.15, 0.2) is 5.75 Å². The summed E-state index contributed by atoms with van der Waals surface area (Å²) in [5, 5.41) is 9.45. The van der Waals surface area contributed by atoms with Gasteiger partial charge in [0.2, 0.25) is 9.84 Å². The number of carboxylic acids is 1. The predicted octanol–water partition coefficient (Wildman–Crippen LogP) is 3.06. The van der Waals surface area contributed by atoms with E-state index in [1.165, 1.54) is 38.5 Å². The van der Waals surface area contributed by atoms with Crippen molar-refractivity contribution in [1.29, 1.82) is 0 Å². The van der Waals surface area contributed by atoms with Crippen LogP contribution in [0.15, 0.2) is 51.5 Å². The number of hydrogen-bond donors (Lipinski definition) is 2. The molecule has 14 heteroatoms. The Morgan fingerprint density at radius 3 is 2.36 bits per heavy atom. The second-order valence-electron chi connectivity index (χ2n) is 8.24. The Morgan fingerprint density at radius 2 is 1.74 bits per heavy atom. The van der Waals surface area contributed by atoms with E-state index in [0.29, 0.717) is 11.4 Å². The third kappa shape index (κ3) is 5.74. The Morgan fingerprint density at radius 1 is 1.08 bits per heavy atom. The molecule has 4 rings (SSSR count). The maximum atomic E-state index is 13.9. The van der Waals surface area contributed by atoms with Gasteiger partial charge in [-0.15, -0.1) is 0 Å². The molecule has 0 aliphatic carbocycles. The molecule has 11 nitrogen and oxygen atoms in total. The predicted molar refractivity (Wildman–Crippen MR) is 144 cm³/mol. The number of aromatic amines is 1. The maximum absolute atomic E-state index is 13.9.